The van der Waals surface area contributed by atoms with Crippen LogP contribution in [0.1, 0.15) is 39.4 Å². The van der Waals surface area contributed by atoms with E-state index in [0.717, 1.165) is 43.8 Å². The van der Waals surface area contributed by atoms with Gasteiger partial charge < -0.3 is 9.64 Å². The molecule has 2 aromatic rings. The first-order chi connectivity index (χ1) is 11.3. The van der Waals surface area contributed by atoms with Crippen molar-refractivity contribution in [1.29, 1.82) is 0 Å². The number of ether oxygens (including phenoxy) is 1. The summed E-state index contributed by atoms with van der Waals surface area (Å²) in [4.78, 5) is 17.3. The highest BCUT2D eigenvalue weighted by Crippen LogP contribution is 2.30. The smallest absolute Gasteiger partial charge is 0.264 e. The summed E-state index contributed by atoms with van der Waals surface area (Å²) in [5.74, 6) is 0.182. The number of likely N-dealkylation sites (tertiary alicyclic amines) is 1. The first-order valence-corrected chi connectivity index (χ1v) is 9.10. The molecular weight excluding hydrogens is 310 g/mol. The van der Waals surface area contributed by atoms with Gasteiger partial charge in [-0.15, -0.1) is 11.3 Å². The van der Waals surface area contributed by atoms with Crippen molar-refractivity contribution in [3.63, 3.8) is 0 Å². The Morgan fingerprint density at radius 1 is 1.43 bits per heavy atom. The number of fused-ring (bicyclic) bond motifs is 1. The Labute approximate surface area is 139 Å². The Kier molecular flexibility index (Phi) is 4.18. The predicted molar refractivity (Wildman–Crippen MR) is 88.6 cm³/mol. The van der Waals surface area contributed by atoms with E-state index in [0.29, 0.717) is 6.61 Å². The Balaban J connectivity index is 1.54. The van der Waals surface area contributed by atoms with E-state index in [9.17, 15) is 4.79 Å². The molecule has 0 radical (unpaired) electrons. The maximum Gasteiger partial charge on any atom is 0.264 e. The fourth-order valence-corrected chi connectivity index (χ4v) is 4.58. The van der Waals surface area contributed by atoms with Gasteiger partial charge in [0.2, 0.25) is 0 Å². The van der Waals surface area contributed by atoms with E-state index >= 15 is 0 Å². The SMILES string of the molecule is O=C(c1cc2c(s1)CCOC2)N1CCCC[C@@H]1Cn1cccn1. The van der Waals surface area contributed by atoms with Crippen LogP contribution < -0.4 is 0 Å². The number of thiophene rings is 1. The van der Waals surface area contributed by atoms with E-state index in [-0.39, 0.29) is 11.9 Å². The second-order valence-corrected chi connectivity index (χ2v) is 7.37. The molecule has 23 heavy (non-hydrogen) atoms. The molecule has 1 fully saturated rings. The van der Waals surface area contributed by atoms with Crippen LogP contribution in [0.3, 0.4) is 0 Å². The lowest BCUT2D eigenvalue weighted by molar-refractivity contribution is 0.0588. The molecule has 0 spiro atoms. The van der Waals surface area contributed by atoms with E-state index < -0.39 is 0 Å². The molecule has 0 unspecified atom stereocenters. The van der Waals surface area contributed by atoms with E-state index in [1.165, 1.54) is 16.9 Å². The highest BCUT2D eigenvalue weighted by Gasteiger charge is 2.29. The third-order valence-electron chi connectivity index (χ3n) is 4.68. The van der Waals surface area contributed by atoms with Crippen LogP contribution in [0.4, 0.5) is 0 Å². The molecule has 5 nitrogen and oxygen atoms in total. The molecule has 0 saturated carbocycles. The van der Waals surface area contributed by atoms with Gasteiger partial charge >= 0.3 is 0 Å². The Morgan fingerprint density at radius 3 is 3.22 bits per heavy atom. The minimum Gasteiger partial charge on any atom is -0.376 e. The van der Waals surface area contributed by atoms with Crippen molar-refractivity contribution >= 4 is 17.2 Å². The lowest BCUT2D eigenvalue weighted by Crippen LogP contribution is -2.45. The molecule has 4 rings (SSSR count). The van der Waals surface area contributed by atoms with Crippen LogP contribution >= 0.6 is 11.3 Å². The first kappa shape index (κ1) is 14.9. The van der Waals surface area contributed by atoms with Gasteiger partial charge in [0.15, 0.2) is 0 Å². The van der Waals surface area contributed by atoms with Crippen LogP contribution in [0.5, 0.6) is 0 Å². The van der Waals surface area contributed by atoms with Crippen LogP contribution in [-0.2, 0) is 24.3 Å². The van der Waals surface area contributed by atoms with Gasteiger partial charge in [-0.2, -0.15) is 5.10 Å². The number of hydrogen-bond donors (Lipinski definition) is 0. The molecule has 122 valence electrons. The molecule has 0 bridgehead atoms. The minimum atomic E-state index is 0.182. The number of hydrogen-bond acceptors (Lipinski definition) is 4. The predicted octanol–water partition coefficient (Wildman–Crippen LogP) is 2.71. The van der Waals surface area contributed by atoms with Crippen molar-refractivity contribution in [3.05, 3.63) is 39.8 Å². The van der Waals surface area contributed by atoms with Crippen molar-refractivity contribution in [2.24, 2.45) is 0 Å². The van der Waals surface area contributed by atoms with Gasteiger partial charge in [0.05, 0.1) is 30.7 Å². The normalized spacial score (nSPS) is 21.2. The maximum absolute atomic E-state index is 13.0. The maximum atomic E-state index is 13.0. The second-order valence-electron chi connectivity index (χ2n) is 6.24. The molecule has 1 saturated heterocycles. The molecule has 0 aliphatic carbocycles. The second kappa shape index (κ2) is 6.45. The summed E-state index contributed by atoms with van der Waals surface area (Å²) in [6, 6.07) is 4.22. The highest BCUT2D eigenvalue weighted by molar-refractivity contribution is 7.14. The Bertz CT molecular complexity index is 657. The van der Waals surface area contributed by atoms with E-state index in [1.54, 1.807) is 17.5 Å². The molecular formula is C17H21N3O2S. The monoisotopic (exact) mass is 331 g/mol. The highest BCUT2D eigenvalue weighted by atomic mass is 32.1. The minimum absolute atomic E-state index is 0.182. The van der Waals surface area contributed by atoms with Crippen molar-refractivity contribution in [1.82, 2.24) is 14.7 Å². The molecule has 2 aliphatic heterocycles. The van der Waals surface area contributed by atoms with Crippen LogP contribution in [-0.4, -0.2) is 39.8 Å². The summed E-state index contributed by atoms with van der Waals surface area (Å²) >= 11 is 1.65. The van der Waals surface area contributed by atoms with Gasteiger partial charge in [-0.25, -0.2) is 0 Å². The average Bonchev–Trinajstić information content (AvgIpc) is 3.23. The molecule has 0 N–H and O–H groups in total. The lowest BCUT2D eigenvalue weighted by Gasteiger charge is -2.35. The van der Waals surface area contributed by atoms with Crippen molar-refractivity contribution in [2.75, 3.05) is 13.2 Å². The Hall–Kier alpha value is -1.66. The summed E-state index contributed by atoms with van der Waals surface area (Å²) in [7, 11) is 0. The summed E-state index contributed by atoms with van der Waals surface area (Å²) in [5.41, 5.74) is 1.20. The first-order valence-electron chi connectivity index (χ1n) is 8.29. The summed E-state index contributed by atoms with van der Waals surface area (Å²) in [5, 5.41) is 4.29. The van der Waals surface area contributed by atoms with Gasteiger partial charge in [-0.1, -0.05) is 0 Å². The van der Waals surface area contributed by atoms with Crippen LogP contribution in [0.15, 0.2) is 24.5 Å². The molecule has 0 aromatic carbocycles. The van der Waals surface area contributed by atoms with E-state index in [1.807, 2.05) is 23.0 Å². The molecule has 1 amide bonds. The number of piperidine rings is 1. The fraction of sp³-hybridized carbons (Fsp3) is 0.529. The number of carbonyl (C=O) groups is 1. The van der Waals surface area contributed by atoms with Gasteiger partial charge in [0.25, 0.3) is 5.91 Å². The van der Waals surface area contributed by atoms with Crippen LogP contribution in [0.25, 0.3) is 0 Å². The van der Waals surface area contributed by atoms with E-state index in [4.69, 9.17) is 4.74 Å². The van der Waals surface area contributed by atoms with Gasteiger partial charge in [0.1, 0.15) is 0 Å². The van der Waals surface area contributed by atoms with E-state index in [2.05, 4.69) is 10.00 Å². The zero-order valence-electron chi connectivity index (χ0n) is 13.1. The number of carbonyl (C=O) groups excluding carboxylic acids is 1. The van der Waals surface area contributed by atoms with Crippen LogP contribution in [0.2, 0.25) is 0 Å². The number of nitrogens with zero attached hydrogens (tertiary/aromatic N) is 3. The number of amides is 1. The molecule has 4 heterocycles. The topological polar surface area (TPSA) is 47.4 Å². The Morgan fingerprint density at radius 2 is 2.39 bits per heavy atom. The van der Waals surface area contributed by atoms with Crippen LogP contribution in [0, 0.1) is 0 Å². The number of rotatable bonds is 3. The lowest BCUT2D eigenvalue weighted by atomic mass is 10.0. The molecule has 1 atom stereocenters. The zero-order chi connectivity index (χ0) is 15.6. The van der Waals surface area contributed by atoms with Crippen molar-refractivity contribution < 1.29 is 9.53 Å². The standard InChI is InChI=1S/C17H21N3O2S/c21-17(16-10-13-12-22-9-5-15(13)23-16)20-8-2-1-4-14(20)11-19-7-3-6-18-19/h3,6-7,10,14H,1-2,4-5,8-9,11-12H2/t14-/m1/s1. The largest absolute Gasteiger partial charge is 0.376 e. The van der Waals surface area contributed by atoms with Gasteiger partial charge in [0, 0.05) is 30.2 Å². The summed E-state index contributed by atoms with van der Waals surface area (Å²) in [6.07, 6.45) is 8.03. The number of aromatic nitrogens is 2. The quantitative estimate of drug-likeness (QED) is 0.869. The van der Waals surface area contributed by atoms with Crippen molar-refractivity contribution in [2.45, 2.75) is 44.9 Å². The third-order valence-corrected chi connectivity index (χ3v) is 5.91. The van der Waals surface area contributed by atoms with Gasteiger partial charge in [-0.3, -0.25) is 9.48 Å². The molecule has 6 heteroatoms. The summed E-state index contributed by atoms with van der Waals surface area (Å²) in [6.45, 7) is 3.05. The summed E-state index contributed by atoms with van der Waals surface area (Å²) < 4.78 is 7.43. The zero-order valence-corrected chi connectivity index (χ0v) is 13.9. The average molecular weight is 331 g/mol. The van der Waals surface area contributed by atoms with Gasteiger partial charge in [-0.05, 0) is 37.0 Å². The fourth-order valence-electron chi connectivity index (χ4n) is 3.48. The molecule has 2 aliphatic rings. The van der Waals surface area contributed by atoms with Crippen molar-refractivity contribution in [3.8, 4) is 0 Å². The third kappa shape index (κ3) is 3.05. The molecule has 2 aromatic heterocycles.